The summed E-state index contributed by atoms with van der Waals surface area (Å²) in [5.41, 5.74) is 0.518. The molecule has 0 atom stereocenters. The van der Waals surface area contributed by atoms with Gasteiger partial charge in [0.25, 0.3) is 0 Å². The van der Waals surface area contributed by atoms with E-state index in [9.17, 15) is 4.79 Å². The normalized spacial score (nSPS) is 9.18. The Morgan fingerprint density at radius 1 is 1.82 bits per heavy atom. The molecule has 0 aliphatic rings. The molecule has 0 bridgehead atoms. The van der Waals surface area contributed by atoms with E-state index < -0.39 is 0 Å². The Morgan fingerprint density at radius 2 is 2.55 bits per heavy atom. The molecule has 0 saturated carbocycles. The highest BCUT2D eigenvalue weighted by Crippen LogP contribution is 2.01. The van der Waals surface area contributed by atoms with E-state index in [2.05, 4.69) is 11.3 Å². The molecule has 0 amide bonds. The van der Waals surface area contributed by atoms with Gasteiger partial charge in [-0.1, -0.05) is 6.58 Å². The monoisotopic (exact) mass is 151 g/mol. The third-order valence-electron chi connectivity index (χ3n) is 1.34. The van der Waals surface area contributed by atoms with Crippen LogP contribution in [0.25, 0.3) is 0 Å². The van der Waals surface area contributed by atoms with Crippen LogP contribution in [0.15, 0.2) is 31.2 Å². The van der Waals surface area contributed by atoms with Crippen LogP contribution in [-0.4, -0.2) is 10.5 Å². The summed E-state index contributed by atoms with van der Waals surface area (Å²) < 4.78 is 6.26. The summed E-state index contributed by atoms with van der Waals surface area (Å²) in [5, 5.41) is 0. The minimum absolute atomic E-state index is 0.382. The Morgan fingerprint density at radius 3 is 3.00 bits per heavy atom. The van der Waals surface area contributed by atoms with Crippen LogP contribution in [0.5, 0.6) is 0 Å². The zero-order chi connectivity index (χ0) is 8.27. The van der Waals surface area contributed by atoms with E-state index in [4.69, 9.17) is 0 Å². The van der Waals surface area contributed by atoms with Gasteiger partial charge in [0.05, 0.1) is 6.26 Å². The maximum atomic E-state index is 11.0. The Bertz CT molecular complexity index is 275. The zero-order valence-corrected chi connectivity index (χ0v) is 6.28. The minimum atomic E-state index is -0.382. The molecule has 0 N–H and O–H groups in total. The van der Waals surface area contributed by atoms with Crippen molar-refractivity contribution in [3.05, 3.63) is 36.9 Å². The number of hydrogen-bond acceptors (Lipinski definition) is 2. The van der Waals surface area contributed by atoms with Crippen LogP contribution >= 0.6 is 0 Å². The molecule has 3 heteroatoms. The summed E-state index contributed by atoms with van der Waals surface area (Å²) in [6, 6.07) is 3.46. The average molecular weight is 151 g/mol. The molecule has 11 heavy (non-hydrogen) atoms. The van der Waals surface area contributed by atoms with Crippen LogP contribution in [0, 0.1) is 0 Å². The summed E-state index contributed by atoms with van der Waals surface area (Å²) in [4.78, 5) is 11.0. The lowest BCUT2D eigenvalue weighted by Crippen LogP contribution is -2.05. The lowest BCUT2D eigenvalue weighted by atomic mass is 10.4. The third kappa shape index (κ3) is 1.49. The first kappa shape index (κ1) is 7.60. The highest BCUT2D eigenvalue weighted by atomic mass is 16.5. The lowest BCUT2D eigenvalue weighted by Gasteiger charge is -1.98. The van der Waals surface area contributed by atoms with Crippen molar-refractivity contribution in [2.24, 2.45) is 7.05 Å². The van der Waals surface area contributed by atoms with Crippen molar-refractivity contribution >= 4 is 5.97 Å². The predicted octanol–water partition coefficient (Wildman–Crippen LogP) is 1.33. The summed E-state index contributed by atoms with van der Waals surface area (Å²) >= 11 is 0. The lowest BCUT2D eigenvalue weighted by molar-refractivity contribution is 0.0654. The molecule has 0 aromatic carbocycles. The van der Waals surface area contributed by atoms with Crippen LogP contribution in [0.3, 0.4) is 0 Å². The second-order valence-electron chi connectivity index (χ2n) is 2.08. The number of aryl methyl sites for hydroxylation is 1. The van der Waals surface area contributed by atoms with Gasteiger partial charge in [0.15, 0.2) is 0 Å². The van der Waals surface area contributed by atoms with Crippen molar-refractivity contribution < 1.29 is 9.53 Å². The van der Waals surface area contributed by atoms with Gasteiger partial charge in [-0.05, 0) is 12.1 Å². The average Bonchev–Trinajstić information content (AvgIpc) is 2.36. The number of ether oxygens (including phenoxy) is 1. The maximum absolute atomic E-state index is 11.0. The van der Waals surface area contributed by atoms with E-state index in [1.165, 1.54) is 0 Å². The SMILES string of the molecule is C=COC(=O)c1cccn1C. The molecule has 0 unspecified atom stereocenters. The molecule has 0 aliphatic carbocycles. The second-order valence-corrected chi connectivity index (χ2v) is 2.08. The number of rotatable bonds is 2. The van der Waals surface area contributed by atoms with Crippen molar-refractivity contribution in [1.82, 2.24) is 4.57 Å². The summed E-state index contributed by atoms with van der Waals surface area (Å²) in [7, 11) is 1.78. The van der Waals surface area contributed by atoms with Gasteiger partial charge >= 0.3 is 5.97 Å². The number of carbonyl (C=O) groups excluding carboxylic acids is 1. The van der Waals surface area contributed by atoms with E-state index in [-0.39, 0.29) is 5.97 Å². The highest BCUT2D eigenvalue weighted by molar-refractivity contribution is 5.88. The van der Waals surface area contributed by atoms with Crippen LogP contribution in [0.1, 0.15) is 10.5 Å². The summed E-state index contributed by atoms with van der Waals surface area (Å²) in [6.45, 7) is 3.29. The van der Waals surface area contributed by atoms with Gasteiger partial charge in [-0.15, -0.1) is 0 Å². The third-order valence-corrected chi connectivity index (χ3v) is 1.34. The molecule has 1 aromatic rings. The zero-order valence-electron chi connectivity index (χ0n) is 6.28. The van der Waals surface area contributed by atoms with E-state index >= 15 is 0 Å². The molecule has 1 aromatic heterocycles. The molecule has 3 nitrogen and oxygen atoms in total. The van der Waals surface area contributed by atoms with Gasteiger partial charge in [-0.25, -0.2) is 4.79 Å². The number of hydrogen-bond donors (Lipinski definition) is 0. The van der Waals surface area contributed by atoms with Crippen LogP contribution in [-0.2, 0) is 11.8 Å². The van der Waals surface area contributed by atoms with Gasteiger partial charge in [-0.3, -0.25) is 0 Å². The molecule has 0 aliphatic heterocycles. The Hall–Kier alpha value is -1.51. The quantitative estimate of drug-likeness (QED) is 0.471. The topological polar surface area (TPSA) is 31.2 Å². The molecular formula is C8H9NO2. The molecule has 58 valence electrons. The minimum Gasteiger partial charge on any atom is -0.430 e. The van der Waals surface area contributed by atoms with Crippen LogP contribution < -0.4 is 0 Å². The fourth-order valence-electron chi connectivity index (χ4n) is 0.809. The Kier molecular flexibility index (Phi) is 2.11. The molecule has 1 rings (SSSR count). The van der Waals surface area contributed by atoms with Crippen molar-refractivity contribution in [1.29, 1.82) is 0 Å². The molecule has 0 saturated heterocycles. The van der Waals surface area contributed by atoms with Crippen molar-refractivity contribution in [3.8, 4) is 0 Å². The molecule has 0 radical (unpaired) electrons. The first-order chi connectivity index (χ1) is 5.25. The van der Waals surface area contributed by atoms with Gasteiger partial charge < -0.3 is 9.30 Å². The number of carbonyl (C=O) groups is 1. The predicted molar refractivity (Wildman–Crippen MR) is 41.0 cm³/mol. The smallest absolute Gasteiger partial charge is 0.359 e. The number of esters is 1. The van der Waals surface area contributed by atoms with Crippen molar-refractivity contribution in [3.63, 3.8) is 0 Å². The van der Waals surface area contributed by atoms with Crippen molar-refractivity contribution in [2.75, 3.05) is 0 Å². The van der Waals surface area contributed by atoms with Crippen LogP contribution in [0.4, 0.5) is 0 Å². The molecular weight excluding hydrogens is 142 g/mol. The molecule has 0 spiro atoms. The van der Waals surface area contributed by atoms with Gasteiger partial charge in [0.2, 0.25) is 0 Å². The molecule has 1 heterocycles. The first-order valence-electron chi connectivity index (χ1n) is 3.19. The largest absolute Gasteiger partial charge is 0.430 e. The van der Waals surface area contributed by atoms with E-state index in [1.807, 2.05) is 0 Å². The van der Waals surface area contributed by atoms with Crippen LogP contribution in [0.2, 0.25) is 0 Å². The van der Waals surface area contributed by atoms with Crippen molar-refractivity contribution in [2.45, 2.75) is 0 Å². The second kappa shape index (κ2) is 3.05. The standard InChI is InChI=1S/C8H9NO2/c1-3-11-8(10)7-5-4-6-9(7)2/h3-6H,1H2,2H3. The van der Waals surface area contributed by atoms with Gasteiger partial charge in [0, 0.05) is 13.2 Å². The fourth-order valence-corrected chi connectivity index (χ4v) is 0.809. The van der Waals surface area contributed by atoms with E-state index in [1.54, 1.807) is 29.9 Å². The number of nitrogens with zero attached hydrogens (tertiary/aromatic N) is 1. The molecule has 0 fully saturated rings. The Balaban J connectivity index is 2.83. The Labute approximate surface area is 64.9 Å². The number of aromatic nitrogens is 1. The van der Waals surface area contributed by atoms with Gasteiger partial charge in [-0.2, -0.15) is 0 Å². The maximum Gasteiger partial charge on any atom is 0.359 e. The first-order valence-corrected chi connectivity index (χ1v) is 3.19. The van der Waals surface area contributed by atoms with E-state index in [0.29, 0.717) is 5.69 Å². The highest BCUT2D eigenvalue weighted by Gasteiger charge is 2.07. The summed E-state index contributed by atoms with van der Waals surface area (Å²) in [6.07, 6.45) is 2.90. The van der Waals surface area contributed by atoms with E-state index in [0.717, 1.165) is 6.26 Å². The fraction of sp³-hybridized carbons (Fsp3) is 0.125. The van der Waals surface area contributed by atoms with Gasteiger partial charge in [0.1, 0.15) is 5.69 Å². The summed E-state index contributed by atoms with van der Waals surface area (Å²) in [5.74, 6) is -0.382.